The molecule has 0 atom stereocenters. The van der Waals surface area contributed by atoms with Crippen molar-refractivity contribution in [3.05, 3.63) is 46.4 Å². The maximum absolute atomic E-state index is 13.2. The summed E-state index contributed by atoms with van der Waals surface area (Å²) in [6.07, 6.45) is 3.16. The second kappa shape index (κ2) is 4.27. The lowest BCUT2D eigenvalue weighted by Gasteiger charge is -1.98. The number of hydrogen-bond donors (Lipinski definition) is 0. The number of Topliss-reactive ketones (excluding diaryl/α,β-unsaturated/α-hetero) is 1. The van der Waals surface area contributed by atoms with Crippen molar-refractivity contribution in [2.45, 2.75) is 6.42 Å². The average molecular weight is 222 g/mol. The summed E-state index contributed by atoms with van der Waals surface area (Å²) < 4.78 is 13.2. The Kier molecular flexibility index (Phi) is 2.82. The van der Waals surface area contributed by atoms with Gasteiger partial charge in [0.05, 0.1) is 5.51 Å². The molecule has 2 aromatic heterocycles. The molecule has 0 bridgehead atoms. The maximum Gasteiger partial charge on any atom is 0.189 e. The minimum atomic E-state index is -0.577. The molecule has 0 aromatic carbocycles. The van der Waals surface area contributed by atoms with Crippen LogP contribution in [0.4, 0.5) is 4.39 Å². The Morgan fingerprint density at radius 3 is 3.07 bits per heavy atom. The van der Waals surface area contributed by atoms with Crippen LogP contribution in [0.3, 0.4) is 0 Å². The molecule has 3 nitrogen and oxygen atoms in total. The first-order chi connectivity index (χ1) is 7.27. The monoisotopic (exact) mass is 222 g/mol. The molecule has 0 N–H and O–H groups in total. The van der Waals surface area contributed by atoms with Crippen LogP contribution >= 0.6 is 11.3 Å². The van der Waals surface area contributed by atoms with E-state index in [4.69, 9.17) is 0 Å². The van der Waals surface area contributed by atoms with Crippen molar-refractivity contribution in [1.82, 2.24) is 9.97 Å². The van der Waals surface area contributed by atoms with E-state index < -0.39 is 5.82 Å². The third-order valence-corrected chi connectivity index (χ3v) is 2.62. The summed E-state index contributed by atoms with van der Waals surface area (Å²) in [5, 5.41) is 0. The first-order valence-corrected chi connectivity index (χ1v) is 5.16. The molecule has 0 saturated carbocycles. The molecule has 2 heterocycles. The van der Waals surface area contributed by atoms with Gasteiger partial charge in [-0.1, -0.05) is 0 Å². The Labute approximate surface area is 89.6 Å². The zero-order valence-corrected chi connectivity index (χ0v) is 8.50. The number of thiazole rings is 1. The number of hydrogen-bond acceptors (Lipinski definition) is 4. The summed E-state index contributed by atoms with van der Waals surface area (Å²) in [6, 6.07) is 2.69. The van der Waals surface area contributed by atoms with Gasteiger partial charge < -0.3 is 0 Å². The number of carbonyl (C=O) groups excluding carboxylic acids is 1. The number of halogens is 1. The lowest BCUT2D eigenvalue weighted by Crippen LogP contribution is -2.07. The third kappa shape index (κ3) is 2.24. The molecule has 0 radical (unpaired) electrons. The molecule has 0 amide bonds. The zero-order valence-electron chi connectivity index (χ0n) is 7.68. The van der Waals surface area contributed by atoms with E-state index in [1.54, 1.807) is 11.7 Å². The molecule has 0 aliphatic heterocycles. The van der Waals surface area contributed by atoms with Crippen LogP contribution < -0.4 is 0 Å². The Morgan fingerprint density at radius 1 is 1.53 bits per heavy atom. The molecule has 76 valence electrons. The standard InChI is InChI=1S/C10H7FN2OS/c11-8-2-1-3-13-10(8)9(14)4-7-5-12-6-15-7/h1-3,5-6H,4H2. The van der Waals surface area contributed by atoms with Crippen molar-refractivity contribution in [1.29, 1.82) is 0 Å². The van der Waals surface area contributed by atoms with Gasteiger partial charge in [-0.05, 0) is 12.1 Å². The topological polar surface area (TPSA) is 42.9 Å². The van der Waals surface area contributed by atoms with E-state index in [0.717, 1.165) is 4.88 Å². The first-order valence-electron chi connectivity index (χ1n) is 4.28. The van der Waals surface area contributed by atoms with E-state index >= 15 is 0 Å². The molecule has 0 spiro atoms. The predicted molar refractivity (Wildman–Crippen MR) is 54.3 cm³/mol. The van der Waals surface area contributed by atoms with Gasteiger partial charge in [0.1, 0.15) is 5.69 Å². The summed E-state index contributed by atoms with van der Waals surface area (Å²) in [6.45, 7) is 0. The van der Waals surface area contributed by atoms with Crippen molar-refractivity contribution in [2.24, 2.45) is 0 Å². The maximum atomic E-state index is 13.2. The average Bonchev–Trinajstić information content (AvgIpc) is 2.71. The highest BCUT2D eigenvalue weighted by molar-refractivity contribution is 7.09. The van der Waals surface area contributed by atoms with E-state index in [1.807, 2.05) is 0 Å². The summed E-state index contributed by atoms with van der Waals surface area (Å²) in [5.74, 6) is -0.899. The van der Waals surface area contributed by atoms with Crippen LogP contribution in [0.25, 0.3) is 0 Å². The Balaban J connectivity index is 2.19. The molecule has 15 heavy (non-hydrogen) atoms. The quantitative estimate of drug-likeness (QED) is 0.747. The van der Waals surface area contributed by atoms with E-state index in [-0.39, 0.29) is 17.9 Å². The van der Waals surface area contributed by atoms with Crippen molar-refractivity contribution in [3.8, 4) is 0 Å². The Bertz CT molecular complexity index is 470. The fourth-order valence-corrected chi connectivity index (χ4v) is 1.76. The number of rotatable bonds is 3. The second-order valence-corrected chi connectivity index (χ2v) is 3.87. The van der Waals surface area contributed by atoms with Gasteiger partial charge in [-0.3, -0.25) is 14.8 Å². The van der Waals surface area contributed by atoms with Crippen LogP contribution in [0.5, 0.6) is 0 Å². The Hall–Kier alpha value is -1.62. The smallest absolute Gasteiger partial charge is 0.189 e. The van der Waals surface area contributed by atoms with Crippen molar-refractivity contribution in [2.75, 3.05) is 0 Å². The molecule has 2 aromatic rings. The van der Waals surface area contributed by atoms with E-state index in [1.165, 1.54) is 29.7 Å². The fraction of sp³-hybridized carbons (Fsp3) is 0.100. The van der Waals surface area contributed by atoms with Crippen LogP contribution in [-0.2, 0) is 6.42 Å². The molecule has 0 fully saturated rings. The molecule has 0 unspecified atom stereocenters. The van der Waals surface area contributed by atoms with Crippen LogP contribution in [0, 0.1) is 5.82 Å². The molecule has 0 saturated heterocycles. The van der Waals surface area contributed by atoms with Gasteiger partial charge >= 0.3 is 0 Å². The number of ketones is 1. The van der Waals surface area contributed by atoms with Crippen LogP contribution in [0.1, 0.15) is 15.4 Å². The fourth-order valence-electron chi connectivity index (χ4n) is 1.16. The summed E-state index contributed by atoms with van der Waals surface area (Å²) in [4.78, 5) is 20.0. The number of nitrogens with zero attached hydrogens (tertiary/aromatic N) is 2. The van der Waals surface area contributed by atoms with Crippen LogP contribution in [0.15, 0.2) is 30.0 Å². The van der Waals surface area contributed by atoms with Gasteiger partial charge in [-0.2, -0.15) is 0 Å². The van der Waals surface area contributed by atoms with Gasteiger partial charge in [0, 0.05) is 23.7 Å². The molecular formula is C10H7FN2OS. The summed E-state index contributed by atoms with van der Waals surface area (Å²) in [5.41, 5.74) is 1.53. The molecule has 0 aliphatic rings. The van der Waals surface area contributed by atoms with E-state index in [0.29, 0.717) is 0 Å². The van der Waals surface area contributed by atoms with Crippen molar-refractivity contribution >= 4 is 17.1 Å². The van der Waals surface area contributed by atoms with Crippen LogP contribution in [-0.4, -0.2) is 15.8 Å². The predicted octanol–water partition coefficient (Wildman–Crippen LogP) is 2.10. The van der Waals surface area contributed by atoms with Gasteiger partial charge in [0.25, 0.3) is 0 Å². The number of aromatic nitrogens is 2. The Morgan fingerprint density at radius 2 is 2.40 bits per heavy atom. The second-order valence-electron chi connectivity index (χ2n) is 2.90. The SMILES string of the molecule is O=C(Cc1cncs1)c1ncccc1F. The largest absolute Gasteiger partial charge is 0.292 e. The number of carbonyl (C=O) groups is 1. The van der Waals surface area contributed by atoms with Gasteiger partial charge in [0.2, 0.25) is 0 Å². The summed E-state index contributed by atoms with van der Waals surface area (Å²) in [7, 11) is 0. The van der Waals surface area contributed by atoms with E-state index in [9.17, 15) is 9.18 Å². The highest BCUT2D eigenvalue weighted by Gasteiger charge is 2.13. The normalized spacial score (nSPS) is 10.2. The van der Waals surface area contributed by atoms with E-state index in [2.05, 4.69) is 9.97 Å². The molecule has 5 heteroatoms. The lowest BCUT2D eigenvalue weighted by molar-refractivity contribution is 0.0984. The summed E-state index contributed by atoms with van der Waals surface area (Å²) >= 11 is 1.37. The van der Waals surface area contributed by atoms with Crippen LogP contribution in [0.2, 0.25) is 0 Å². The van der Waals surface area contributed by atoms with Gasteiger partial charge in [-0.15, -0.1) is 11.3 Å². The molecule has 2 rings (SSSR count). The zero-order chi connectivity index (χ0) is 10.7. The minimum absolute atomic E-state index is 0.106. The van der Waals surface area contributed by atoms with Crippen molar-refractivity contribution in [3.63, 3.8) is 0 Å². The first kappa shape index (κ1) is 9.92. The van der Waals surface area contributed by atoms with Gasteiger partial charge in [-0.25, -0.2) is 4.39 Å². The highest BCUT2D eigenvalue weighted by atomic mass is 32.1. The third-order valence-electron chi connectivity index (χ3n) is 1.84. The number of pyridine rings is 1. The lowest BCUT2D eigenvalue weighted by atomic mass is 10.2. The van der Waals surface area contributed by atoms with Crippen molar-refractivity contribution < 1.29 is 9.18 Å². The molecular weight excluding hydrogens is 215 g/mol. The van der Waals surface area contributed by atoms with Gasteiger partial charge in [0.15, 0.2) is 11.6 Å². The molecule has 0 aliphatic carbocycles. The minimum Gasteiger partial charge on any atom is -0.292 e. The highest BCUT2D eigenvalue weighted by Crippen LogP contribution is 2.11.